The van der Waals surface area contributed by atoms with Crippen molar-refractivity contribution in [3.8, 4) is 0 Å². The van der Waals surface area contributed by atoms with E-state index in [1.54, 1.807) is 26.8 Å². The third-order valence-electron chi connectivity index (χ3n) is 2.71. The second-order valence-corrected chi connectivity index (χ2v) is 8.16. The van der Waals surface area contributed by atoms with Crippen molar-refractivity contribution >= 4 is 9.84 Å². The summed E-state index contributed by atoms with van der Waals surface area (Å²) in [7, 11) is -3.48. The maximum atomic E-state index is 13.8. The Bertz CT molecular complexity index is 511. The largest absolute Gasteiger partial charge is 0.223 e. The first-order valence-corrected chi connectivity index (χ1v) is 7.10. The summed E-state index contributed by atoms with van der Waals surface area (Å²) in [5.41, 5.74) is 0.540. The average molecular weight is 258 g/mol. The number of sulfone groups is 1. The normalized spacial score (nSPS) is 13.1. The number of hydrogen-bond donors (Lipinski definition) is 0. The molecule has 0 N–H and O–H groups in total. The van der Waals surface area contributed by atoms with Crippen LogP contribution in [0.2, 0.25) is 0 Å². The van der Waals surface area contributed by atoms with Gasteiger partial charge in [-0.05, 0) is 44.4 Å². The summed E-state index contributed by atoms with van der Waals surface area (Å²) in [6.45, 7) is 8.57. The first-order chi connectivity index (χ1) is 7.57. The summed E-state index contributed by atoms with van der Waals surface area (Å²) in [4.78, 5) is 0.0481. The van der Waals surface area contributed by atoms with Crippen molar-refractivity contribution in [1.29, 1.82) is 0 Å². The molecule has 0 aliphatic carbocycles. The predicted molar refractivity (Wildman–Crippen MR) is 67.4 cm³/mol. The predicted octanol–water partition coefficient (Wildman–Crippen LogP) is 3.52. The van der Waals surface area contributed by atoms with E-state index >= 15 is 0 Å². The maximum Gasteiger partial charge on any atom is 0.183 e. The van der Waals surface area contributed by atoms with Gasteiger partial charge in [-0.1, -0.05) is 19.9 Å². The highest BCUT2D eigenvalue weighted by Crippen LogP contribution is 2.27. The molecule has 0 unspecified atom stereocenters. The molecule has 1 rings (SSSR count). The Labute approximate surface area is 103 Å². The van der Waals surface area contributed by atoms with Gasteiger partial charge in [-0.25, -0.2) is 12.8 Å². The van der Waals surface area contributed by atoms with Gasteiger partial charge in [0.05, 0.1) is 9.64 Å². The second kappa shape index (κ2) is 4.41. The molecule has 0 aliphatic rings. The summed E-state index contributed by atoms with van der Waals surface area (Å²) < 4.78 is 37.1. The Hall–Kier alpha value is -0.900. The zero-order valence-electron chi connectivity index (χ0n) is 10.9. The standard InChI is InChI=1S/C13H19FO2S/c1-9(2)11-7-6-10(8-12(11)14)17(15,16)13(3,4)5/h6-9H,1-5H3. The van der Waals surface area contributed by atoms with Crippen LogP contribution < -0.4 is 0 Å². The molecule has 0 aromatic heterocycles. The molecule has 4 heteroatoms. The van der Waals surface area contributed by atoms with Crippen LogP contribution in [0.5, 0.6) is 0 Å². The van der Waals surface area contributed by atoms with Gasteiger partial charge < -0.3 is 0 Å². The van der Waals surface area contributed by atoms with Crippen LogP contribution in [-0.2, 0) is 9.84 Å². The minimum Gasteiger partial charge on any atom is -0.223 e. The van der Waals surface area contributed by atoms with Gasteiger partial charge in [0.2, 0.25) is 0 Å². The summed E-state index contributed by atoms with van der Waals surface area (Å²) in [5.74, 6) is -0.410. The van der Waals surface area contributed by atoms with Gasteiger partial charge in [0.25, 0.3) is 0 Å². The fourth-order valence-electron chi connectivity index (χ4n) is 1.50. The summed E-state index contributed by atoms with van der Waals surface area (Å²) in [5, 5.41) is 0. The van der Waals surface area contributed by atoms with Crippen LogP contribution in [-0.4, -0.2) is 13.2 Å². The van der Waals surface area contributed by atoms with Crippen LogP contribution >= 0.6 is 0 Å². The minimum atomic E-state index is -3.48. The van der Waals surface area contributed by atoms with Crippen LogP contribution in [0, 0.1) is 5.82 Å². The fraction of sp³-hybridized carbons (Fsp3) is 0.538. The monoisotopic (exact) mass is 258 g/mol. The van der Waals surface area contributed by atoms with Gasteiger partial charge in [0.15, 0.2) is 9.84 Å². The molecule has 1 aromatic carbocycles. The van der Waals surface area contributed by atoms with Crippen molar-refractivity contribution in [2.24, 2.45) is 0 Å². The van der Waals surface area contributed by atoms with Crippen LogP contribution in [0.1, 0.15) is 46.1 Å². The highest BCUT2D eigenvalue weighted by molar-refractivity contribution is 7.92. The Morgan fingerprint density at radius 1 is 1.18 bits per heavy atom. The molecular weight excluding hydrogens is 239 g/mol. The van der Waals surface area contributed by atoms with E-state index < -0.39 is 20.4 Å². The zero-order valence-corrected chi connectivity index (χ0v) is 11.7. The SMILES string of the molecule is CC(C)c1ccc(S(=O)(=O)C(C)(C)C)cc1F. The van der Waals surface area contributed by atoms with E-state index in [2.05, 4.69) is 0 Å². The highest BCUT2D eigenvalue weighted by atomic mass is 32.2. The lowest BCUT2D eigenvalue weighted by atomic mass is 10.0. The first-order valence-electron chi connectivity index (χ1n) is 5.61. The quantitative estimate of drug-likeness (QED) is 0.813. The molecule has 17 heavy (non-hydrogen) atoms. The van der Waals surface area contributed by atoms with Gasteiger partial charge >= 0.3 is 0 Å². The zero-order chi connectivity index (χ0) is 13.4. The van der Waals surface area contributed by atoms with Crippen molar-refractivity contribution in [3.63, 3.8) is 0 Å². The average Bonchev–Trinajstić information content (AvgIpc) is 2.14. The minimum absolute atomic E-state index is 0.0430. The van der Waals surface area contributed by atoms with E-state index in [0.29, 0.717) is 5.56 Å². The van der Waals surface area contributed by atoms with Gasteiger partial charge in [0, 0.05) is 0 Å². The molecule has 0 fully saturated rings. The molecule has 0 amide bonds. The third kappa shape index (κ3) is 2.68. The van der Waals surface area contributed by atoms with Crippen molar-refractivity contribution in [1.82, 2.24) is 0 Å². The van der Waals surface area contributed by atoms with E-state index in [0.717, 1.165) is 6.07 Å². The Kier molecular flexibility index (Phi) is 3.67. The lowest BCUT2D eigenvalue weighted by Crippen LogP contribution is -2.28. The van der Waals surface area contributed by atoms with E-state index in [1.165, 1.54) is 6.07 Å². The van der Waals surface area contributed by atoms with Crippen molar-refractivity contribution in [2.45, 2.75) is 50.2 Å². The lowest BCUT2D eigenvalue weighted by molar-refractivity contribution is 0.555. The topological polar surface area (TPSA) is 34.1 Å². The molecule has 0 spiro atoms. The molecule has 96 valence electrons. The third-order valence-corrected chi connectivity index (χ3v) is 5.20. The van der Waals surface area contributed by atoms with Crippen LogP contribution in [0.4, 0.5) is 4.39 Å². The molecule has 0 saturated carbocycles. The number of hydrogen-bond acceptors (Lipinski definition) is 2. The van der Waals surface area contributed by atoms with Crippen LogP contribution in [0.3, 0.4) is 0 Å². The second-order valence-electron chi connectivity index (χ2n) is 5.45. The van der Waals surface area contributed by atoms with Crippen molar-refractivity contribution < 1.29 is 12.8 Å². The molecule has 2 nitrogen and oxygen atoms in total. The molecule has 0 heterocycles. The summed E-state index contributed by atoms with van der Waals surface area (Å²) in [6.07, 6.45) is 0. The molecule has 1 aromatic rings. The summed E-state index contributed by atoms with van der Waals surface area (Å²) in [6, 6.07) is 4.16. The molecule has 0 saturated heterocycles. The van der Waals surface area contributed by atoms with Gasteiger partial charge in [-0.3, -0.25) is 0 Å². The lowest BCUT2D eigenvalue weighted by Gasteiger charge is -2.20. The number of rotatable bonds is 2. The van der Waals surface area contributed by atoms with Gasteiger partial charge in [-0.15, -0.1) is 0 Å². The van der Waals surface area contributed by atoms with Crippen molar-refractivity contribution in [2.75, 3.05) is 0 Å². The van der Waals surface area contributed by atoms with E-state index in [-0.39, 0.29) is 10.8 Å². The molecule has 0 bridgehead atoms. The Balaban J connectivity index is 3.34. The Morgan fingerprint density at radius 3 is 2.06 bits per heavy atom. The van der Waals surface area contributed by atoms with E-state index in [9.17, 15) is 12.8 Å². The van der Waals surface area contributed by atoms with Crippen molar-refractivity contribution in [3.05, 3.63) is 29.6 Å². The Morgan fingerprint density at radius 2 is 1.71 bits per heavy atom. The molecule has 0 aliphatic heterocycles. The summed E-state index contributed by atoms with van der Waals surface area (Å²) >= 11 is 0. The fourth-order valence-corrected chi connectivity index (χ4v) is 2.71. The van der Waals surface area contributed by atoms with Gasteiger partial charge in [-0.2, -0.15) is 0 Å². The van der Waals surface area contributed by atoms with Gasteiger partial charge in [0.1, 0.15) is 5.82 Å². The number of halogens is 1. The molecule has 0 radical (unpaired) electrons. The first kappa shape index (κ1) is 14.2. The maximum absolute atomic E-state index is 13.8. The van der Waals surface area contributed by atoms with Crippen LogP contribution in [0.15, 0.2) is 23.1 Å². The number of benzene rings is 1. The van der Waals surface area contributed by atoms with E-state index in [1.807, 2.05) is 13.8 Å². The smallest absolute Gasteiger partial charge is 0.183 e. The van der Waals surface area contributed by atoms with Crippen LogP contribution in [0.25, 0.3) is 0 Å². The van der Waals surface area contributed by atoms with E-state index in [4.69, 9.17) is 0 Å². The molecule has 0 atom stereocenters. The highest BCUT2D eigenvalue weighted by Gasteiger charge is 2.31. The molecular formula is C13H19FO2S.